The van der Waals surface area contributed by atoms with Crippen LogP contribution in [-0.2, 0) is 10.2 Å². The number of carbonyl (C=O) groups is 1. The lowest BCUT2D eigenvalue weighted by molar-refractivity contribution is 0.0487. The monoisotopic (exact) mass is 328 g/mol. The summed E-state index contributed by atoms with van der Waals surface area (Å²) >= 11 is 0. The lowest BCUT2D eigenvalue weighted by Gasteiger charge is -2.38. The van der Waals surface area contributed by atoms with Crippen molar-refractivity contribution >= 4 is 11.6 Å². The smallest absolute Gasteiger partial charge is 0.251 e. The third-order valence-corrected chi connectivity index (χ3v) is 4.64. The van der Waals surface area contributed by atoms with E-state index in [2.05, 4.69) is 5.32 Å². The fourth-order valence-corrected chi connectivity index (χ4v) is 3.16. The SMILES string of the molecule is Nc1cccc(C(=O)NCC2(c3ccc(F)cc3)CCOCC2)c1. The summed E-state index contributed by atoms with van der Waals surface area (Å²) in [6, 6.07) is 13.4. The van der Waals surface area contributed by atoms with Gasteiger partial charge in [0, 0.05) is 36.4 Å². The number of hydrogen-bond donors (Lipinski definition) is 2. The fraction of sp³-hybridized carbons (Fsp3) is 0.316. The van der Waals surface area contributed by atoms with Crippen molar-refractivity contribution < 1.29 is 13.9 Å². The summed E-state index contributed by atoms with van der Waals surface area (Å²) in [5.41, 5.74) is 7.62. The lowest BCUT2D eigenvalue weighted by Crippen LogP contribution is -2.44. The quantitative estimate of drug-likeness (QED) is 0.848. The van der Waals surface area contributed by atoms with Crippen molar-refractivity contribution in [2.75, 3.05) is 25.5 Å². The van der Waals surface area contributed by atoms with E-state index >= 15 is 0 Å². The van der Waals surface area contributed by atoms with Crippen LogP contribution in [0, 0.1) is 5.82 Å². The zero-order valence-corrected chi connectivity index (χ0v) is 13.4. The van der Waals surface area contributed by atoms with Gasteiger partial charge in [0.25, 0.3) is 5.91 Å². The molecule has 0 aliphatic carbocycles. The summed E-state index contributed by atoms with van der Waals surface area (Å²) in [4.78, 5) is 12.4. The molecular weight excluding hydrogens is 307 g/mol. The summed E-state index contributed by atoms with van der Waals surface area (Å²) < 4.78 is 18.7. The number of rotatable bonds is 4. The van der Waals surface area contributed by atoms with Crippen LogP contribution in [0.25, 0.3) is 0 Å². The first kappa shape index (κ1) is 16.5. The molecule has 126 valence electrons. The summed E-state index contributed by atoms with van der Waals surface area (Å²) in [6.07, 6.45) is 1.58. The lowest BCUT2D eigenvalue weighted by atomic mass is 9.74. The van der Waals surface area contributed by atoms with Gasteiger partial charge in [0.2, 0.25) is 0 Å². The highest BCUT2D eigenvalue weighted by atomic mass is 19.1. The van der Waals surface area contributed by atoms with Gasteiger partial charge in [-0.15, -0.1) is 0 Å². The molecule has 1 fully saturated rings. The first-order chi connectivity index (χ1) is 11.6. The number of amides is 1. The highest BCUT2D eigenvalue weighted by Gasteiger charge is 2.35. The minimum atomic E-state index is -0.259. The highest BCUT2D eigenvalue weighted by Crippen LogP contribution is 2.34. The number of anilines is 1. The van der Waals surface area contributed by atoms with E-state index in [1.807, 2.05) is 0 Å². The van der Waals surface area contributed by atoms with Crippen LogP contribution in [0.15, 0.2) is 48.5 Å². The maximum absolute atomic E-state index is 13.2. The maximum atomic E-state index is 13.2. The Morgan fingerprint density at radius 3 is 2.54 bits per heavy atom. The van der Waals surface area contributed by atoms with Crippen LogP contribution in [0.4, 0.5) is 10.1 Å². The van der Waals surface area contributed by atoms with Crippen LogP contribution in [0.1, 0.15) is 28.8 Å². The van der Waals surface area contributed by atoms with Crippen LogP contribution in [0.2, 0.25) is 0 Å². The molecule has 0 saturated carbocycles. The molecule has 0 spiro atoms. The molecule has 2 aromatic carbocycles. The van der Waals surface area contributed by atoms with Gasteiger partial charge in [-0.05, 0) is 48.7 Å². The predicted octanol–water partition coefficient (Wildman–Crippen LogP) is 2.89. The minimum absolute atomic E-state index is 0.157. The van der Waals surface area contributed by atoms with Gasteiger partial charge in [-0.25, -0.2) is 4.39 Å². The molecule has 0 unspecified atom stereocenters. The molecule has 1 saturated heterocycles. The second-order valence-electron chi connectivity index (χ2n) is 6.21. The van der Waals surface area contributed by atoms with Crippen molar-refractivity contribution in [3.05, 3.63) is 65.5 Å². The molecule has 1 amide bonds. The normalized spacial score (nSPS) is 16.5. The number of carbonyl (C=O) groups excluding carboxylic acids is 1. The summed E-state index contributed by atoms with van der Waals surface area (Å²) in [5, 5.41) is 3.01. The maximum Gasteiger partial charge on any atom is 0.251 e. The number of nitrogens with one attached hydrogen (secondary N) is 1. The third-order valence-electron chi connectivity index (χ3n) is 4.64. The van der Waals surface area contributed by atoms with Crippen molar-refractivity contribution in [2.45, 2.75) is 18.3 Å². The van der Waals surface area contributed by atoms with E-state index in [-0.39, 0.29) is 17.1 Å². The molecule has 0 aromatic heterocycles. The van der Waals surface area contributed by atoms with E-state index in [0.717, 1.165) is 18.4 Å². The third kappa shape index (κ3) is 3.57. The minimum Gasteiger partial charge on any atom is -0.399 e. The topological polar surface area (TPSA) is 64.4 Å². The van der Waals surface area contributed by atoms with Crippen LogP contribution in [0.5, 0.6) is 0 Å². The van der Waals surface area contributed by atoms with E-state index in [0.29, 0.717) is 31.0 Å². The van der Waals surface area contributed by atoms with Crippen molar-refractivity contribution in [1.29, 1.82) is 0 Å². The molecule has 1 aliphatic rings. The van der Waals surface area contributed by atoms with Gasteiger partial charge < -0.3 is 15.8 Å². The Hall–Kier alpha value is -2.40. The van der Waals surface area contributed by atoms with Gasteiger partial charge in [0.1, 0.15) is 5.82 Å². The number of hydrogen-bond acceptors (Lipinski definition) is 3. The Morgan fingerprint density at radius 1 is 1.17 bits per heavy atom. The number of halogens is 1. The molecular formula is C19H21FN2O2. The number of nitrogens with two attached hydrogens (primary N) is 1. The molecule has 5 heteroatoms. The molecule has 1 aliphatic heterocycles. The Balaban J connectivity index is 1.77. The molecule has 1 heterocycles. The molecule has 0 atom stereocenters. The average molecular weight is 328 g/mol. The van der Waals surface area contributed by atoms with Crippen molar-refractivity contribution in [3.8, 4) is 0 Å². The van der Waals surface area contributed by atoms with Gasteiger partial charge in [-0.3, -0.25) is 4.79 Å². The Morgan fingerprint density at radius 2 is 1.88 bits per heavy atom. The van der Waals surface area contributed by atoms with Gasteiger partial charge in [0.05, 0.1) is 0 Å². The summed E-state index contributed by atoms with van der Waals surface area (Å²) in [5.74, 6) is -0.417. The van der Waals surface area contributed by atoms with E-state index in [9.17, 15) is 9.18 Å². The van der Waals surface area contributed by atoms with E-state index in [4.69, 9.17) is 10.5 Å². The number of nitrogen functional groups attached to an aromatic ring is 1. The van der Waals surface area contributed by atoms with Gasteiger partial charge in [-0.1, -0.05) is 18.2 Å². The van der Waals surface area contributed by atoms with E-state index < -0.39 is 0 Å². The predicted molar refractivity (Wildman–Crippen MR) is 91.3 cm³/mol. The first-order valence-electron chi connectivity index (χ1n) is 8.07. The zero-order chi connectivity index (χ0) is 17.0. The zero-order valence-electron chi connectivity index (χ0n) is 13.4. The van der Waals surface area contributed by atoms with Crippen molar-refractivity contribution in [3.63, 3.8) is 0 Å². The molecule has 0 radical (unpaired) electrons. The van der Waals surface area contributed by atoms with Crippen molar-refractivity contribution in [2.24, 2.45) is 0 Å². The Kier molecular flexibility index (Phi) is 4.81. The Labute approximate surface area is 140 Å². The van der Waals surface area contributed by atoms with Crippen LogP contribution >= 0.6 is 0 Å². The second-order valence-corrected chi connectivity index (χ2v) is 6.21. The molecule has 4 nitrogen and oxygen atoms in total. The van der Waals surface area contributed by atoms with Gasteiger partial charge in [-0.2, -0.15) is 0 Å². The molecule has 3 rings (SSSR count). The molecule has 24 heavy (non-hydrogen) atoms. The first-order valence-corrected chi connectivity index (χ1v) is 8.07. The molecule has 2 aromatic rings. The van der Waals surface area contributed by atoms with Crippen LogP contribution < -0.4 is 11.1 Å². The highest BCUT2D eigenvalue weighted by molar-refractivity contribution is 5.95. The van der Waals surface area contributed by atoms with Gasteiger partial charge in [0.15, 0.2) is 0 Å². The van der Waals surface area contributed by atoms with E-state index in [1.165, 1.54) is 12.1 Å². The Bertz CT molecular complexity index is 710. The second kappa shape index (κ2) is 7.01. The van der Waals surface area contributed by atoms with Gasteiger partial charge >= 0.3 is 0 Å². The summed E-state index contributed by atoms with van der Waals surface area (Å²) in [7, 11) is 0. The number of benzene rings is 2. The van der Waals surface area contributed by atoms with E-state index in [1.54, 1.807) is 36.4 Å². The largest absolute Gasteiger partial charge is 0.399 e. The van der Waals surface area contributed by atoms with Crippen LogP contribution in [0.3, 0.4) is 0 Å². The standard InChI is InChI=1S/C19H21FN2O2/c20-16-6-4-15(5-7-16)19(8-10-24-11-9-19)13-22-18(23)14-2-1-3-17(21)12-14/h1-7,12H,8-11,13,21H2,(H,22,23). The van der Waals surface area contributed by atoms with Crippen LogP contribution in [-0.4, -0.2) is 25.7 Å². The van der Waals surface area contributed by atoms with Crippen molar-refractivity contribution in [1.82, 2.24) is 5.32 Å². The number of ether oxygens (including phenoxy) is 1. The fourth-order valence-electron chi connectivity index (χ4n) is 3.16. The average Bonchev–Trinajstić information content (AvgIpc) is 2.61. The summed E-state index contributed by atoms with van der Waals surface area (Å²) in [6.45, 7) is 1.74. The molecule has 3 N–H and O–H groups in total. The molecule has 0 bridgehead atoms.